The smallest absolute Gasteiger partial charge is 0.315 e. The summed E-state index contributed by atoms with van der Waals surface area (Å²) in [5.41, 5.74) is 1.96. The van der Waals surface area contributed by atoms with Crippen molar-refractivity contribution in [2.75, 3.05) is 31.2 Å². The normalized spacial score (nSPS) is 14.8. The highest BCUT2D eigenvalue weighted by Crippen LogP contribution is 2.16. The third-order valence-electron chi connectivity index (χ3n) is 2.69. The predicted molar refractivity (Wildman–Crippen MR) is 68.6 cm³/mol. The molecule has 0 atom stereocenters. The second-order valence-corrected chi connectivity index (χ2v) is 4.02. The van der Waals surface area contributed by atoms with Crippen LogP contribution >= 0.6 is 0 Å². The molecule has 0 unspecified atom stereocenters. The van der Waals surface area contributed by atoms with E-state index in [4.69, 9.17) is 9.84 Å². The molecular formula is C14H15NO3. The van der Waals surface area contributed by atoms with E-state index in [1.165, 1.54) is 0 Å². The van der Waals surface area contributed by atoms with Crippen molar-refractivity contribution in [2.45, 2.75) is 6.42 Å². The number of ether oxygens (including phenoxy) is 1. The number of rotatable bonds is 2. The lowest BCUT2D eigenvalue weighted by Gasteiger charge is -2.28. The molecule has 1 fully saturated rings. The zero-order chi connectivity index (χ0) is 12.8. The summed E-state index contributed by atoms with van der Waals surface area (Å²) in [5, 5.41) is 8.53. The molecular weight excluding hydrogens is 230 g/mol. The summed E-state index contributed by atoms with van der Waals surface area (Å²) < 4.78 is 5.31. The van der Waals surface area contributed by atoms with E-state index >= 15 is 0 Å². The van der Waals surface area contributed by atoms with Crippen LogP contribution in [0.2, 0.25) is 0 Å². The fourth-order valence-corrected chi connectivity index (χ4v) is 1.82. The van der Waals surface area contributed by atoms with Crippen molar-refractivity contribution in [1.29, 1.82) is 0 Å². The Morgan fingerprint density at radius 3 is 2.89 bits per heavy atom. The minimum absolute atomic E-state index is 0.123. The number of aliphatic carboxylic acids is 1. The zero-order valence-electron chi connectivity index (χ0n) is 10.1. The average molecular weight is 245 g/mol. The molecule has 0 bridgehead atoms. The van der Waals surface area contributed by atoms with Gasteiger partial charge in [0.1, 0.15) is 6.42 Å². The summed E-state index contributed by atoms with van der Waals surface area (Å²) in [7, 11) is 0. The van der Waals surface area contributed by atoms with E-state index in [2.05, 4.69) is 16.7 Å². The van der Waals surface area contributed by atoms with E-state index in [9.17, 15) is 4.79 Å². The first kappa shape index (κ1) is 12.5. The molecule has 0 aliphatic carbocycles. The molecule has 0 radical (unpaired) electrons. The van der Waals surface area contributed by atoms with Crippen LogP contribution in [0.4, 0.5) is 5.69 Å². The molecule has 18 heavy (non-hydrogen) atoms. The lowest BCUT2D eigenvalue weighted by Crippen LogP contribution is -2.36. The van der Waals surface area contributed by atoms with E-state index in [1.54, 1.807) is 0 Å². The number of carbonyl (C=O) groups is 1. The van der Waals surface area contributed by atoms with E-state index in [1.807, 2.05) is 24.3 Å². The number of carboxylic acid groups (broad SMARTS) is 1. The highest BCUT2D eigenvalue weighted by molar-refractivity contribution is 5.70. The molecule has 1 N–H and O–H groups in total. The minimum Gasteiger partial charge on any atom is -0.481 e. The minimum atomic E-state index is -0.896. The van der Waals surface area contributed by atoms with E-state index in [0.717, 1.165) is 37.6 Å². The Bertz CT molecular complexity index is 481. The molecule has 0 amide bonds. The third kappa shape index (κ3) is 3.51. The van der Waals surface area contributed by atoms with Gasteiger partial charge in [0.25, 0.3) is 0 Å². The van der Waals surface area contributed by atoms with Gasteiger partial charge in [-0.1, -0.05) is 17.9 Å². The highest BCUT2D eigenvalue weighted by atomic mass is 16.5. The third-order valence-corrected chi connectivity index (χ3v) is 2.69. The Hall–Kier alpha value is -1.99. The molecule has 1 saturated heterocycles. The Kier molecular flexibility index (Phi) is 4.21. The first-order valence-electron chi connectivity index (χ1n) is 5.89. The molecule has 0 aromatic heterocycles. The average Bonchev–Trinajstić information content (AvgIpc) is 2.40. The van der Waals surface area contributed by atoms with Crippen molar-refractivity contribution in [2.24, 2.45) is 0 Å². The van der Waals surface area contributed by atoms with Gasteiger partial charge in [0.2, 0.25) is 0 Å². The van der Waals surface area contributed by atoms with Gasteiger partial charge in [0.05, 0.1) is 13.2 Å². The van der Waals surface area contributed by atoms with Crippen LogP contribution in [-0.2, 0) is 9.53 Å². The number of anilines is 1. The summed E-state index contributed by atoms with van der Waals surface area (Å²) in [6, 6.07) is 7.85. The van der Waals surface area contributed by atoms with Crippen LogP contribution in [0.1, 0.15) is 12.0 Å². The number of hydrogen-bond donors (Lipinski definition) is 1. The van der Waals surface area contributed by atoms with Gasteiger partial charge in [0.15, 0.2) is 0 Å². The summed E-state index contributed by atoms with van der Waals surface area (Å²) in [6.07, 6.45) is -0.123. The van der Waals surface area contributed by atoms with Crippen LogP contribution in [-0.4, -0.2) is 37.4 Å². The molecule has 1 aromatic rings. The Morgan fingerprint density at radius 1 is 1.39 bits per heavy atom. The van der Waals surface area contributed by atoms with Gasteiger partial charge < -0.3 is 14.7 Å². The second kappa shape index (κ2) is 6.08. The van der Waals surface area contributed by atoms with E-state index in [-0.39, 0.29) is 6.42 Å². The van der Waals surface area contributed by atoms with Crippen molar-refractivity contribution in [3.05, 3.63) is 29.8 Å². The van der Waals surface area contributed by atoms with Crippen molar-refractivity contribution < 1.29 is 14.6 Å². The van der Waals surface area contributed by atoms with Crippen LogP contribution in [0.15, 0.2) is 24.3 Å². The van der Waals surface area contributed by atoms with Crippen LogP contribution in [0, 0.1) is 11.8 Å². The first-order chi connectivity index (χ1) is 8.75. The van der Waals surface area contributed by atoms with Crippen LogP contribution in [0.25, 0.3) is 0 Å². The van der Waals surface area contributed by atoms with Crippen molar-refractivity contribution >= 4 is 11.7 Å². The number of carboxylic acids is 1. The molecule has 1 aromatic carbocycles. The molecule has 1 heterocycles. The van der Waals surface area contributed by atoms with Gasteiger partial charge in [0, 0.05) is 24.3 Å². The summed E-state index contributed by atoms with van der Waals surface area (Å²) in [4.78, 5) is 12.6. The maximum atomic E-state index is 10.4. The fourth-order valence-electron chi connectivity index (χ4n) is 1.82. The topological polar surface area (TPSA) is 49.8 Å². The van der Waals surface area contributed by atoms with Crippen LogP contribution in [0.5, 0.6) is 0 Å². The fraction of sp³-hybridized carbons (Fsp3) is 0.357. The van der Waals surface area contributed by atoms with Crippen molar-refractivity contribution in [3.63, 3.8) is 0 Å². The standard InChI is InChI=1S/C14H15NO3/c16-14(17)6-2-4-12-3-1-5-13(11-12)15-7-9-18-10-8-15/h1,3,5,11H,6-10H2,(H,16,17). The van der Waals surface area contributed by atoms with Gasteiger partial charge in [-0.15, -0.1) is 0 Å². The molecule has 4 nitrogen and oxygen atoms in total. The van der Waals surface area contributed by atoms with Crippen molar-refractivity contribution in [1.82, 2.24) is 0 Å². The summed E-state index contributed by atoms with van der Waals surface area (Å²) >= 11 is 0. The van der Waals surface area contributed by atoms with Crippen LogP contribution < -0.4 is 4.90 Å². The molecule has 1 aliphatic rings. The van der Waals surface area contributed by atoms with Gasteiger partial charge in [-0.3, -0.25) is 4.79 Å². The molecule has 2 rings (SSSR count). The molecule has 0 saturated carbocycles. The van der Waals surface area contributed by atoms with Gasteiger partial charge in [-0.05, 0) is 18.2 Å². The lowest BCUT2D eigenvalue weighted by atomic mass is 10.2. The number of hydrogen-bond acceptors (Lipinski definition) is 3. The summed E-state index contributed by atoms with van der Waals surface area (Å²) in [6.45, 7) is 3.25. The van der Waals surface area contributed by atoms with Gasteiger partial charge in [-0.25, -0.2) is 0 Å². The highest BCUT2D eigenvalue weighted by Gasteiger charge is 2.10. The summed E-state index contributed by atoms with van der Waals surface area (Å²) in [5.74, 6) is 4.61. The van der Waals surface area contributed by atoms with E-state index in [0.29, 0.717) is 0 Å². The van der Waals surface area contributed by atoms with Crippen molar-refractivity contribution in [3.8, 4) is 11.8 Å². The zero-order valence-corrected chi connectivity index (χ0v) is 10.1. The Morgan fingerprint density at radius 2 is 2.17 bits per heavy atom. The monoisotopic (exact) mass is 245 g/mol. The van der Waals surface area contributed by atoms with E-state index < -0.39 is 5.97 Å². The number of benzene rings is 1. The predicted octanol–water partition coefficient (Wildman–Crippen LogP) is 1.35. The van der Waals surface area contributed by atoms with Crippen LogP contribution in [0.3, 0.4) is 0 Å². The Balaban J connectivity index is 2.08. The molecule has 94 valence electrons. The quantitative estimate of drug-likeness (QED) is 0.799. The first-order valence-corrected chi connectivity index (χ1v) is 5.89. The Labute approximate surface area is 106 Å². The lowest BCUT2D eigenvalue weighted by molar-refractivity contribution is -0.135. The SMILES string of the molecule is O=C(O)CC#Cc1cccc(N2CCOCC2)c1. The number of nitrogens with zero attached hydrogens (tertiary/aromatic N) is 1. The maximum absolute atomic E-state index is 10.4. The maximum Gasteiger partial charge on any atom is 0.315 e. The molecule has 1 aliphatic heterocycles. The van der Waals surface area contributed by atoms with Gasteiger partial charge in [-0.2, -0.15) is 0 Å². The largest absolute Gasteiger partial charge is 0.481 e. The number of morpholine rings is 1. The molecule has 4 heteroatoms. The molecule has 0 spiro atoms. The second-order valence-electron chi connectivity index (χ2n) is 4.02. The van der Waals surface area contributed by atoms with Gasteiger partial charge >= 0.3 is 5.97 Å².